The number of rotatable bonds is 8. The van der Waals surface area contributed by atoms with Gasteiger partial charge in [-0.2, -0.15) is 0 Å². The van der Waals surface area contributed by atoms with Crippen molar-refractivity contribution in [1.82, 2.24) is 5.32 Å². The van der Waals surface area contributed by atoms with Gasteiger partial charge < -0.3 is 14.8 Å². The highest BCUT2D eigenvalue weighted by Crippen LogP contribution is 2.35. The number of carbonyl (C=O) groups is 1. The van der Waals surface area contributed by atoms with Crippen LogP contribution in [0.2, 0.25) is 0 Å². The van der Waals surface area contributed by atoms with E-state index in [1.165, 1.54) is 31.4 Å². The summed E-state index contributed by atoms with van der Waals surface area (Å²) >= 11 is 0. The quantitative estimate of drug-likeness (QED) is 0.537. The molecule has 0 bridgehead atoms. The zero-order chi connectivity index (χ0) is 20.8. The van der Waals surface area contributed by atoms with Gasteiger partial charge in [0.2, 0.25) is 0 Å². The first kappa shape index (κ1) is 21.1. The number of hydrogen-bond acceptors (Lipinski definition) is 5. The lowest BCUT2D eigenvalue weighted by atomic mass is 9.95. The molecule has 0 aliphatic heterocycles. The van der Waals surface area contributed by atoms with Crippen molar-refractivity contribution >= 4 is 11.6 Å². The molecular weight excluding hydrogens is 367 g/mol. The van der Waals surface area contributed by atoms with Crippen LogP contribution in [0.4, 0.5) is 10.1 Å². The number of ether oxygens (including phenoxy) is 2. The second-order valence-electron chi connectivity index (χ2n) is 6.46. The van der Waals surface area contributed by atoms with E-state index in [4.69, 9.17) is 9.47 Å². The number of nitro benzene ring substituents is 1. The minimum absolute atomic E-state index is 0.0296. The Morgan fingerprint density at radius 2 is 1.86 bits per heavy atom. The molecule has 2 rings (SSSR count). The zero-order valence-electron chi connectivity index (χ0n) is 16.2. The summed E-state index contributed by atoms with van der Waals surface area (Å²) in [5.41, 5.74) is 0.173. The molecule has 0 fully saturated rings. The van der Waals surface area contributed by atoms with E-state index in [2.05, 4.69) is 5.32 Å². The highest BCUT2D eigenvalue weighted by atomic mass is 19.1. The molecule has 1 amide bonds. The van der Waals surface area contributed by atoms with Crippen molar-refractivity contribution in [1.29, 1.82) is 0 Å². The molecule has 0 saturated carbocycles. The maximum Gasteiger partial charge on any atom is 0.286 e. The minimum atomic E-state index is -0.640. The normalized spacial score (nSPS) is 11.8. The summed E-state index contributed by atoms with van der Waals surface area (Å²) < 4.78 is 23.8. The summed E-state index contributed by atoms with van der Waals surface area (Å²) in [5.74, 6) is -0.633. The Morgan fingerprint density at radius 3 is 2.36 bits per heavy atom. The van der Waals surface area contributed by atoms with Gasteiger partial charge in [-0.25, -0.2) is 4.39 Å². The van der Waals surface area contributed by atoms with Crippen molar-refractivity contribution in [3.63, 3.8) is 0 Å². The highest BCUT2D eigenvalue weighted by molar-refractivity contribution is 5.99. The Hall–Kier alpha value is -3.16. The molecule has 28 heavy (non-hydrogen) atoms. The Bertz CT molecular complexity index is 852. The summed E-state index contributed by atoms with van der Waals surface area (Å²) in [7, 11) is 1.39. The van der Waals surface area contributed by atoms with Crippen LogP contribution in [0.15, 0.2) is 36.4 Å². The molecule has 0 aliphatic carbocycles. The maximum atomic E-state index is 13.2. The van der Waals surface area contributed by atoms with Crippen LogP contribution in [0.1, 0.15) is 42.7 Å². The molecule has 2 aromatic rings. The largest absolute Gasteiger partial charge is 0.493 e. The van der Waals surface area contributed by atoms with Crippen molar-refractivity contribution < 1.29 is 23.6 Å². The summed E-state index contributed by atoms with van der Waals surface area (Å²) in [6.07, 6.45) is 0. The molecule has 8 heteroatoms. The van der Waals surface area contributed by atoms with Crippen molar-refractivity contribution in [3.05, 3.63) is 63.5 Å². The molecule has 0 aromatic heterocycles. The number of amides is 1. The van der Waals surface area contributed by atoms with Crippen LogP contribution in [0.25, 0.3) is 0 Å². The van der Waals surface area contributed by atoms with Crippen LogP contribution in [-0.2, 0) is 0 Å². The van der Waals surface area contributed by atoms with Gasteiger partial charge in [-0.15, -0.1) is 0 Å². The van der Waals surface area contributed by atoms with Crippen LogP contribution in [0.3, 0.4) is 0 Å². The average molecular weight is 390 g/mol. The average Bonchev–Trinajstić information content (AvgIpc) is 2.66. The number of hydrogen-bond donors (Lipinski definition) is 1. The van der Waals surface area contributed by atoms with Crippen LogP contribution >= 0.6 is 0 Å². The van der Waals surface area contributed by atoms with Crippen LogP contribution < -0.4 is 14.8 Å². The van der Waals surface area contributed by atoms with Gasteiger partial charge >= 0.3 is 0 Å². The molecular formula is C20H23FN2O5. The first-order valence-corrected chi connectivity index (χ1v) is 8.84. The fourth-order valence-corrected chi connectivity index (χ4v) is 2.83. The molecule has 0 radical (unpaired) electrons. The first-order chi connectivity index (χ1) is 13.3. The number of nitro groups is 1. The number of halogens is 1. The van der Waals surface area contributed by atoms with E-state index in [1.807, 2.05) is 13.8 Å². The van der Waals surface area contributed by atoms with Gasteiger partial charge in [0.25, 0.3) is 11.6 Å². The van der Waals surface area contributed by atoms with E-state index in [9.17, 15) is 19.3 Å². The third-order valence-corrected chi connectivity index (χ3v) is 4.21. The van der Waals surface area contributed by atoms with Gasteiger partial charge in [0.15, 0.2) is 11.5 Å². The molecule has 0 saturated heterocycles. The van der Waals surface area contributed by atoms with Crippen molar-refractivity contribution in [2.45, 2.75) is 26.8 Å². The standard InChI is InChI=1S/C20H23FN2O5/c1-5-28-18-11-16(23(25)26)15(10-17(18)27-4)20(24)22-19(12(2)3)13-6-8-14(21)9-7-13/h6-12,19H,5H2,1-4H3,(H,22,24). The van der Waals surface area contributed by atoms with Gasteiger partial charge in [0.05, 0.1) is 30.7 Å². The second-order valence-corrected chi connectivity index (χ2v) is 6.46. The Balaban J connectivity index is 2.43. The van der Waals surface area contributed by atoms with E-state index in [-0.39, 0.29) is 34.5 Å². The lowest BCUT2D eigenvalue weighted by molar-refractivity contribution is -0.385. The number of benzene rings is 2. The zero-order valence-corrected chi connectivity index (χ0v) is 16.2. The molecule has 7 nitrogen and oxygen atoms in total. The molecule has 0 aliphatic rings. The van der Waals surface area contributed by atoms with Crippen LogP contribution in [0, 0.1) is 21.8 Å². The molecule has 1 N–H and O–H groups in total. The predicted octanol–water partition coefficient (Wildman–Crippen LogP) is 4.27. The highest BCUT2D eigenvalue weighted by Gasteiger charge is 2.27. The van der Waals surface area contributed by atoms with Crippen molar-refractivity contribution in [2.75, 3.05) is 13.7 Å². The number of nitrogens with one attached hydrogen (secondary N) is 1. The molecule has 1 atom stereocenters. The molecule has 1 unspecified atom stereocenters. The lowest BCUT2D eigenvalue weighted by Gasteiger charge is -2.23. The topological polar surface area (TPSA) is 90.7 Å². The van der Waals surface area contributed by atoms with Gasteiger partial charge in [0.1, 0.15) is 11.4 Å². The summed E-state index contributed by atoms with van der Waals surface area (Å²) in [4.78, 5) is 23.7. The third kappa shape index (κ3) is 4.76. The second kappa shape index (κ2) is 9.16. The van der Waals surface area contributed by atoms with Crippen LogP contribution in [0.5, 0.6) is 11.5 Å². The summed E-state index contributed by atoms with van der Waals surface area (Å²) in [6.45, 7) is 5.81. The number of carbonyl (C=O) groups excluding carboxylic acids is 1. The van der Waals surface area contributed by atoms with Gasteiger partial charge in [0, 0.05) is 6.07 Å². The minimum Gasteiger partial charge on any atom is -0.493 e. The Labute approximate surface area is 162 Å². The fourth-order valence-electron chi connectivity index (χ4n) is 2.83. The monoisotopic (exact) mass is 390 g/mol. The van der Waals surface area contributed by atoms with E-state index in [1.54, 1.807) is 19.1 Å². The van der Waals surface area contributed by atoms with E-state index in [0.29, 0.717) is 12.2 Å². The summed E-state index contributed by atoms with van der Waals surface area (Å²) in [5, 5.41) is 14.3. The van der Waals surface area contributed by atoms with Gasteiger partial charge in [-0.1, -0.05) is 26.0 Å². The molecule has 2 aromatic carbocycles. The maximum absolute atomic E-state index is 13.2. The summed E-state index contributed by atoms with van der Waals surface area (Å²) in [6, 6.07) is 7.78. The first-order valence-electron chi connectivity index (χ1n) is 8.84. The predicted molar refractivity (Wildman–Crippen MR) is 102 cm³/mol. The van der Waals surface area contributed by atoms with Crippen molar-refractivity contribution in [2.24, 2.45) is 5.92 Å². The smallest absolute Gasteiger partial charge is 0.286 e. The van der Waals surface area contributed by atoms with Gasteiger partial charge in [-0.3, -0.25) is 14.9 Å². The number of nitrogens with zero attached hydrogens (tertiary/aromatic N) is 1. The Morgan fingerprint density at radius 1 is 1.21 bits per heavy atom. The van der Waals surface area contributed by atoms with E-state index >= 15 is 0 Å². The van der Waals surface area contributed by atoms with Gasteiger partial charge in [-0.05, 0) is 30.5 Å². The lowest BCUT2D eigenvalue weighted by Crippen LogP contribution is -2.32. The molecule has 0 spiro atoms. The van der Waals surface area contributed by atoms with E-state index < -0.39 is 16.9 Å². The fraction of sp³-hybridized carbons (Fsp3) is 0.350. The van der Waals surface area contributed by atoms with E-state index in [0.717, 1.165) is 0 Å². The molecule has 150 valence electrons. The Kier molecular flexibility index (Phi) is 6.92. The SMILES string of the molecule is CCOc1cc([N+](=O)[O-])c(C(=O)NC(c2ccc(F)cc2)C(C)C)cc1OC. The van der Waals surface area contributed by atoms with Crippen molar-refractivity contribution in [3.8, 4) is 11.5 Å². The van der Waals surface area contributed by atoms with Crippen LogP contribution in [-0.4, -0.2) is 24.5 Å². The number of methoxy groups -OCH3 is 1. The third-order valence-electron chi connectivity index (χ3n) is 4.21. The molecule has 0 heterocycles.